The van der Waals surface area contributed by atoms with Crippen LogP contribution < -0.4 is 5.32 Å². The first kappa shape index (κ1) is 14.8. The molecule has 2 aromatic rings. The van der Waals surface area contributed by atoms with Crippen LogP contribution >= 0.6 is 0 Å². The Kier molecular flexibility index (Phi) is 5.36. The number of benzene rings is 1. The van der Waals surface area contributed by atoms with E-state index in [-0.39, 0.29) is 0 Å². The zero-order chi connectivity index (χ0) is 14.4. The lowest BCUT2D eigenvalue weighted by Gasteiger charge is -2.17. The van der Waals surface area contributed by atoms with Crippen molar-refractivity contribution in [1.82, 2.24) is 15.1 Å². The molecule has 3 nitrogen and oxygen atoms in total. The van der Waals surface area contributed by atoms with E-state index in [0.717, 1.165) is 31.6 Å². The van der Waals surface area contributed by atoms with Crippen molar-refractivity contribution in [2.24, 2.45) is 0 Å². The summed E-state index contributed by atoms with van der Waals surface area (Å²) in [6, 6.07) is 13.3. The average molecular weight is 271 g/mol. The van der Waals surface area contributed by atoms with Crippen molar-refractivity contribution >= 4 is 0 Å². The molecule has 0 saturated heterocycles. The van der Waals surface area contributed by atoms with Gasteiger partial charge in [-0.05, 0) is 44.9 Å². The molecule has 0 radical (unpaired) electrons. The molecule has 20 heavy (non-hydrogen) atoms. The third kappa shape index (κ3) is 3.94. The fraction of sp³-hybridized carbons (Fsp3) is 0.471. The molecule has 1 heterocycles. The van der Waals surface area contributed by atoms with E-state index in [1.54, 1.807) is 0 Å². The lowest BCUT2D eigenvalue weighted by Crippen LogP contribution is -2.23. The summed E-state index contributed by atoms with van der Waals surface area (Å²) in [4.78, 5) is 0. The first-order chi connectivity index (χ1) is 9.70. The van der Waals surface area contributed by atoms with E-state index in [9.17, 15) is 0 Å². The van der Waals surface area contributed by atoms with Crippen molar-refractivity contribution in [2.75, 3.05) is 6.54 Å². The van der Waals surface area contributed by atoms with Crippen LogP contribution in [0.1, 0.15) is 42.8 Å². The van der Waals surface area contributed by atoms with E-state index in [1.807, 2.05) is 6.92 Å². The summed E-state index contributed by atoms with van der Waals surface area (Å²) >= 11 is 0. The van der Waals surface area contributed by atoms with E-state index in [4.69, 9.17) is 0 Å². The van der Waals surface area contributed by atoms with Gasteiger partial charge in [0.15, 0.2) is 0 Å². The molecule has 2 rings (SSSR count). The molecular weight excluding hydrogens is 246 g/mol. The number of hydrogen-bond acceptors (Lipinski definition) is 2. The zero-order valence-electron chi connectivity index (χ0n) is 12.8. The van der Waals surface area contributed by atoms with E-state index in [0.29, 0.717) is 6.04 Å². The second kappa shape index (κ2) is 7.25. The van der Waals surface area contributed by atoms with Crippen molar-refractivity contribution in [3.63, 3.8) is 0 Å². The van der Waals surface area contributed by atoms with Gasteiger partial charge in [0.2, 0.25) is 0 Å². The molecule has 0 spiro atoms. The minimum atomic E-state index is 0.455. The van der Waals surface area contributed by atoms with E-state index >= 15 is 0 Å². The number of aryl methyl sites for hydroxylation is 3. The molecule has 3 heteroatoms. The van der Waals surface area contributed by atoms with Gasteiger partial charge in [-0.1, -0.05) is 37.3 Å². The monoisotopic (exact) mass is 271 g/mol. The Morgan fingerprint density at radius 1 is 1.20 bits per heavy atom. The largest absolute Gasteiger partial charge is 0.310 e. The smallest absolute Gasteiger partial charge is 0.0596 e. The maximum Gasteiger partial charge on any atom is 0.0596 e. The van der Waals surface area contributed by atoms with Crippen LogP contribution in [0.15, 0.2) is 36.4 Å². The maximum absolute atomic E-state index is 4.49. The van der Waals surface area contributed by atoms with Gasteiger partial charge in [-0.15, -0.1) is 0 Å². The molecule has 0 fully saturated rings. The highest BCUT2D eigenvalue weighted by Crippen LogP contribution is 2.15. The van der Waals surface area contributed by atoms with Crippen LogP contribution in [-0.2, 0) is 6.54 Å². The maximum atomic E-state index is 4.49. The molecule has 1 unspecified atom stereocenters. The highest BCUT2D eigenvalue weighted by molar-refractivity contribution is 5.18. The van der Waals surface area contributed by atoms with Crippen LogP contribution in [0.3, 0.4) is 0 Å². The number of rotatable bonds is 7. The van der Waals surface area contributed by atoms with Crippen LogP contribution in [0.2, 0.25) is 0 Å². The summed E-state index contributed by atoms with van der Waals surface area (Å²) in [5, 5.41) is 8.14. The van der Waals surface area contributed by atoms with Crippen LogP contribution in [0.25, 0.3) is 0 Å². The number of hydrogen-bond donors (Lipinski definition) is 1. The Morgan fingerprint density at radius 3 is 2.55 bits per heavy atom. The molecule has 0 aliphatic heterocycles. The van der Waals surface area contributed by atoms with Gasteiger partial charge < -0.3 is 5.32 Å². The predicted octanol–water partition coefficient (Wildman–Crippen LogP) is 3.63. The van der Waals surface area contributed by atoms with Crippen molar-refractivity contribution in [3.05, 3.63) is 53.3 Å². The van der Waals surface area contributed by atoms with Gasteiger partial charge >= 0.3 is 0 Å². The van der Waals surface area contributed by atoms with E-state index < -0.39 is 0 Å². The topological polar surface area (TPSA) is 29.9 Å². The summed E-state index contributed by atoms with van der Waals surface area (Å²) < 4.78 is 2.10. The summed E-state index contributed by atoms with van der Waals surface area (Å²) in [6.07, 6.45) is 2.22. The number of nitrogens with one attached hydrogen (secondary N) is 1. The van der Waals surface area contributed by atoms with E-state index in [1.165, 1.54) is 11.3 Å². The predicted molar refractivity (Wildman–Crippen MR) is 83.8 cm³/mol. The van der Waals surface area contributed by atoms with Gasteiger partial charge in [-0.25, -0.2) is 0 Å². The Labute approximate surface area is 122 Å². The minimum absolute atomic E-state index is 0.455. The van der Waals surface area contributed by atoms with Gasteiger partial charge in [0.05, 0.1) is 5.69 Å². The Bertz CT molecular complexity index is 516. The van der Waals surface area contributed by atoms with E-state index in [2.05, 4.69) is 65.3 Å². The van der Waals surface area contributed by atoms with Gasteiger partial charge in [0.25, 0.3) is 0 Å². The van der Waals surface area contributed by atoms with Gasteiger partial charge in [0.1, 0.15) is 0 Å². The number of aromatic nitrogens is 2. The molecule has 1 N–H and O–H groups in total. The quantitative estimate of drug-likeness (QED) is 0.779. The van der Waals surface area contributed by atoms with Gasteiger partial charge in [0, 0.05) is 18.3 Å². The second-order valence-corrected chi connectivity index (χ2v) is 5.33. The molecule has 1 aromatic carbocycles. The summed E-state index contributed by atoms with van der Waals surface area (Å²) in [5.74, 6) is 0. The van der Waals surface area contributed by atoms with Crippen LogP contribution in [0.4, 0.5) is 0 Å². The minimum Gasteiger partial charge on any atom is -0.310 e. The fourth-order valence-electron chi connectivity index (χ4n) is 2.59. The Morgan fingerprint density at radius 2 is 1.95 bits per heavy atom. The van der Waals surface area contributed by atoms with Crippen molar-refractivity contribution < 1.29 is 0 Å². The number of nitrogens with zero attached hydrogens (tertiary/aromatic N) is 2. The average Bonchev–Trinajstić information content (AvgIpc) is 2.78. The summed E-state index contributed by atoms with van der Waals surface area (Å²) in [5.41, 5.74) is 3.73. The highest BCUT2D eigenvalue weighted by atomic mass is 15.3. The van der Waals surface area contributed by atoms with Crippen LogP contribution in [0, 0.1) is 13.8 Å². The van der Waals surface area contributed by atoms with Crippen molar-refractivity contribution in [2.45, 2.75) is 46.2 Å². The summed E-state index contributed by atoms with van der Waals surface area (Å²) in [6.45, 7) is 8.39. The molecule has 0 amide bonds. The molecule has 0 aliphatic rings. The highest BCUT2D eigenvalue weighted by Gasteiger charge is 2.07. The molecular formula is C17H25N3. The second-order valence-electron chi connectivity index (χ2n) is 5.33. The van der Waals surface area contributed by atoms with Crippen LogP contribution in [0.5, 0.6) is 0 Å². The molecule has 108 valence electrons. The first-order valence-electron chi connectivity index (χ1n) is 7.50. The SMILES string of the molecule is CCC(NCCCn1nc(C)cc1C)c1ccccc1. The zero-order valence-corrected chi connectivity index (χ0v) is 12.8. The van der Waals surface area contributed by atoms with Crippen molar-refractivity contribution in [1.29, 1.82) is 0 Å². The van der Waals surface area contributed by atoms with Gasteiger partial charge in [-0.2, -0.15) is 5.10 Å². The third-order valence-corrected chi connectivity index (χ3v) is 3.65. The molecule has 0 saturated carbocycles. The molecule has 0 aliphatic carbocycles. The first-order valence-corrected chi connectivity index (χ1v) is 7.50. The lowest BCUT2D eigenvalue weighted by molar-refractivity contribution is 0.475. The molecule has 1 aromatic heterocycles. The lowest BCUT2D eigenvalue weighted by atomic mass is 10.0. The van der Waals surface area contributed by atoms with Gasteiger partial charge in [-0.3, -0.25) is 4.68 Å². The normalized spacial score (nSPS) is 12.6. The van der Waals surface area contributed by atoms with Crippen molar-refractivity contribution in [3.8, 4) is 0 Å². The molecule has 0 bridgehead atoms. The summed E-state index contributed by atoms with van der Waals surface area (Å²) in [7, 11) is 0. The third-order valence-electron chi connectivity index (χ3n) is 3.65. The standard InChI is InChI=1S/C17H25N3/c1-4-17(16-9-6-5-7-10-16)18-11-8-12-20-15(3)13-14(2)19-20/h5-7,9-10,13,17-18H,4,8,11-12H2,1-3H3. The Balaban J connectivity index is 1.79. The fourth-order valence-corrected chi connectivity index (χ4v) is 2.59. The van der Waals surface area contributed by atoms with Crippen LogP contribution in [-0.4, -0.2) is 16.3 Å². The molecule has 1 atom stereocenters. The Hall–Kier alpha value is -1.61.